The van der Waals surface area contributed by atoms with Gasteiger partial charge in [0.2, 0.25) is 6.79 Å². The van der Waals surface area contributed by atoms with E-state index in [0.29, 0.717) is 17.2 Å². The van der Waals surface area contributed by atoms with Crippen molar-refractivity contribution in [3.05, 3.63) is 59.2 Å². The van der Waals surface area contributed by atoms with Crippen molar-refractivity contribution < 1.29 is 14.3 Å². The number of nitrogens with zero attached hydrogens (tertiary/aromatic N) is 1. The third-order valence-corrected chi connectivity index (χ3v) is 3.62. The molecule has 1 N–H and O–H groups in total. The summed E-state index contributed by atoms with van der Waals surface area (Å²) in [6.45, 7) is 4.47. The lowest BCUT2D eigenvalue weighted by atomic mass is 10.0. The third-order valence-electron chi connectivity index (χ3n) is 3.62. The normalized spacial score (nSPS) is 12.8. The van der Waals surface area contributed by atoms with Gasteiger partial charge in [-0.3, -0.25) is 4.79 Å². The van der Waals surface area contributed by atoms with Gasteiger partial charge in [-0.2, -0.15) is 5.10 Å². The SMILES string of the molecule is CC(C)c1ccc(C(=O)N/N=C/c2ccc3c(c2)OCO3)cc1. The highest BCUT2D eigenvalue weighted by Gasteiger charge is 2.12. The van der Waals surface area contributed by atoms with Gasteiger partial charge in [0.1, 0.15) is 0 Å². The van der Waals surface area contributed by atoms with Crippen LogP contribution in [0, 0.1) is 0 Å². The van der Waals surface area contributed by atoms with Crippen molar-refractivity contribution in [3.63, 3.8) is 0 Å². The average Bonchev–Trinajstić information content (AvgIpc) is 3.02. The monoisotopic (exact) mass is 310 g/mol. The maximum Gasteiger partial charge on any atom is 0.271 e. The molecule has 0 spiro atoms. The number of benzene rings is 2. The van der Waals surface area contributed by atoms with E-state index >= 15 is 0 Å². The second-order valence-electron chi connectivity index (χ2n) is 5.59. The summed E-state index contributed by atoms with van der Waals surface area (Å²) in [6, 6.07) is 13.0. The first kappa shape index (κ1) is 15.1. The summed E-state index contributed by atoms with van der Waals surface area (Å²) in [5.41, 5.74) is 5.13. The van der Waals surface area contributed by atoms with Gasteiger partial charge in [0.15, 0.2) is 11.5 Å². The summed E-state index contributed by atoms with van der Waals surface area (Å²) in [5, 5.41) is 3.98. The summed E-state index contributed by atoms with van der Waals surface area (Å²) in [4.78, 5) is 12.0. The van der Waals surface area contributed by atoms with Crippen LogP contribution in [0.2, 0.25) is 0 Å². The lowest BCUT2D eigenvalue weighted by molar-refractivity contribution is 0.0955. The summed E-state index contributed by atoms with van der Waals surface area (Å²) >= 11 is 0. The minimum Gasteiger partial charge on any atom is -0.454 e. The fourth-order valence-corrected chi connectivity index (χ4v) is 2.24. The van der Waals surface area contributed by atoms with Crippen molar-refractivity contribution in [1.82, 2.24) is 5.43 Å². The molecule has 1 heterocycles. The Labute approximate surface area is 134 Å². The van der Waals surface area contributed by atoms with Crippen LogP contribution >= 0.6 is 0 Å². The Bertz CT molecular complexity index is 736. The van der Waals surface area contributed by atoms with Gasteiger partial charge >= 0.3 is 0 Å². The number of carbonyl (C=O) groups is 1. The van der Waals surface area contributed by atoms with Crippen molar-refractivity contribution in [2.45, 2.75) is 19.8 Å². The highest BCUT2D eigenvalue weighted by atomic mass is 16.7. The Hall–Kier alpha value is -2.82. The molecule has 1 aliphatic rings. The van der Waals surface area contributed by atoms with E-state index in [0.717, 1.165) is 11.3 Å². The molecule has 2 aromatic carbocycles. The van der Waals surface area contributed by atoms with Crippen LogP contribution in [0.15, 0.2) is 47.6 Å². The van der Waals surface area contributed by atoms with Gasteiger partial charge in [0.25, 0.3) is 5.91 Å². The molecule has 0 aromatic heterocycles. The third kappa shape index (κ3) is 3.51. The molecule has 3 rings (SSSR count). The van der Waals surface area contributed by atoms with E-state index < -0.39 is 0 Å². The second-order valence-corrected chi connectivity index (χ2v) is 5.59. The number of nitrogens with one attached hydrogen (secondary N) is 1. The van der Waals surface area contributed by atoms with Crippen molar-refractivity contribution in [2.24, 2.45) is 5.10 Å². The van der Waals surface area contributed by atoms with Gasteiger partial charge in [-0.1, -0.05) is 26.0 Å². The summed E-state index contributed by atoms with van der Waals surface area (Å²) in [6.07, 6.45) is 1.57. The smallest absolute Gasteiger partial charge is 0.271 e. The average molecular weight is 310 g/mol. The first-order chi connectivity index (χ1) is 11.1. The van der Waals surface area contributed by atoms with Gasteiger partial charge < -0.3 is 9.47 Å². The maximum atomic E-state index is 12.0. The van der Waals surface area contributed by atoms with Gasteiger partial charge in [-0.25, -0.2) is 5.43 Å². The minimum absolute atomic E-state index is 0.235. The predicted molar refractivity (Wildman–Crippen MR) is 88.2 cm³/mol. The van der Waals surface area contributed by atoms with Crippen LogP contribution in [0.3, 0.4) is 0 Å². The van der Waals surface area contributed by atoms with E-state index in [2.05, 4.69) is 24.4 Å². The Morgan fingerprint density at radius 1 is 1.13 bits per heavy atom. The molecule has 0 bridgehead atoms. The first-order valence-corrected chi connectivity index (χ1v) is 7.46. The molecular formula is C18H18N2O3. The Kier molecular flexibility index (Phi) is 4.28. The zero-order valence-corrected chi connectivity index (χ0v) is 13.1. The van der Waals surface area contributed by atoms with E-state index in [4.69, 9.17) is 9.47 Å². The Morgan fingerprint density at radius 2 is 1.87 bits per heavy atom. The molecule has 0 saturated heterocycles. The van der Waals surface area contributed by atoms with Crippen LogP contribution in [0.25, 0.3) is 0 Å². The number of fused-ring (bicyclic) bond motifs is 1. The molecule has 5 nitrogen and oxygen atoms in total. The Morgan fingerprint density at radius 3 is 2.61 bits per heavy atom. The zero-order valence-electron chi connectivity index (χ0n) is 13.1. The van der Waals surface area contributed by atoms with Gasteiger partial charge in [0.05, 0.1) is 6.21 Å². The molecule has 0 aliphatic carbocycles. The van der Waals surface area contributed by atoms with Crippen LogP contribution in [0.4, 0.5) is 0 Å². The molecule has 23 heavy (non-hydrogen) atoms. The summed E-state index contributed by atoms with van der Waals surface area (Å²) < 4.78 is 10.5. The van der Waals surface area contributed by atoms with Crippen molar-refractivity contribution in [3.8, 4) is 11.5 Å². The number of amides is 1. The fourth-order valence-electron chi connectivity index (χ4n) is 2.24. The van der Waals surface area contributed by atoms with E-state index in [1.165, 1.54) is 5.56 Å². The molecule has 1 amide bonds. The molecule has 0 atom stereocenters. The van der Waals surface area contributed by atoms with Gasteiger partial charge in [-0.15, -0.1) is 0 Å². The summed E-state index contributed by atoms with van der Waals surface area (Å²) in [7, 11) is 0. The molecule has 0 radical (unpaired) electrons. The topological polar surface area (TPSA) is 59.9 Å². The molecule has 0 fully saturated rings. The summed E-state index contributed by atoms with van der Waals surface area (Å²) in [5.74, 6) is 1.61. The minimum atomic E-state index is -0.239. The maximum absolute atomic E-state index is 12.0. The molecule has 2 aromatic rings. The van der Waals surface area contributed by atoms with Crippen molar-refractivity contribution >= 4 is 12.1 Å². The molecule has 118 valence electrons. The number of carbonyl (C=O) groups excluding carboxylic acids is 1. The number of rotatable bonds is 4. The lowest BCUT2D eigenvalue weighted by Gasteiger charge is -2.06. The van der Waals surface area contributed by atoms with Crippen LogP contribution in [-0.2, 0) is 0 Å². The van der Waals surface area contributed by atoms with Crippen molar-refractivity contribution in [2.75, 3.05) is 6.79 Å². The highest BCUT2D eigenvalue weighted by Crippen LogP contribution is 2.31. The standard InChI is InChI=1S/C18H18N2O3/c1-12(2)14-4-6-15(7-5-14)18(21)20-19-10-13-3-8-16-17(9-13)23-11-22-16/h3-10,12H,11H2,1-2H3,(H,20,21)/b19-10+. The predicted octanol–water partition coefficient (Wildman–Crippen LogP) is 3.30. The highest BCUT2D eigenvalue weighted by molar-refractivity contribution is 5.95. The fraction of sp³-hybridized carbons (Fsp3) is 0.222. The van der Waals surface area contributed by atoms with E-state index in [1.54, 1.807) is 18.3 Å². The number of hydrogen-bond acceptors (Lipinski definition) is 4. The molecule has 0 unspecified atom stereocenters. The van der Waals surface area contributed by atoms with Gasteiger partial charge in [-0.05, 0) is 47.4 Å². The second kappa shape index (κ2) is 6.52. The van der Waals surface area contributed by atoms with E-state index in [9.17, 15) is 4.79 Å². The molecule has 5 heteroatoms. The van der Waals surface area contributed by atoms with Crippen LogP contribution < -0.4 is 14.9 Å². The Balaban J connectivity index is 1.62. The molecule has 1 aliphatic heterocycles. The van der Waals surface area contributed by atoms with E-state index in [1.807, 2.05) is 30.3 Å². The number of hydrazone groups is 1. The zero-order chi connectivity index (χ0) is 16.2. The van der Waals surface area contributed by atoms with Crippen LogP contribution in [0.5, 0.6) is 11.5 Å². The lowest BCUT2D eigenvalue weighted by Crippen LogP contribution is -2.17. The van der Waals surface area contributed by atoms with Crippen LogP contribution in [-0.4, -0.2) is 18.9 Å². The van der Waals surface area contributed by atoms with E-state index in [-0.39, 0.29) is 12.7 Å². The molecule has 0 saturated carbocycles. The molecular weight excluding hydrogens is 292 g/mol. The van der Waals surface area contributed by atoms with Crippen LogP contribution in [0.1, 0.15) is 41.3 Å². The van der Waals surface area contributed by atoms with Gasteiger partial charge in [0, 0.05) is 5.56 Å². The number of ether oxygens (including phenoxy) is 2. The quantitative estimate of drug-likeness (QED) is 0.696. The largest absolute Gasteiger partial charge is 0.454 e. The first-order valence-electron chi connectivity index (χ1n) is 7.46. The number of hydrogen-bond donors (Lipinski definition) is 1. The van der Waals surface area contributed by atoms with Crippen molar-refractivity contribution in [1.29, 1.82) is 0 Å².